The van der Waals surface area contributed by atoms with Gasteiger partial charge in [0, 0.05) is 55.1 Å². The fraction of sp³-hybridized carbons (Fsp3) is 0.360. The van der Waals surface area contributed by atoms with Crippen LogP contribution in [-0.4, -0.2) is 62.7 Å². The second kappa shape index (κ2) is 9.54. The molecule has 1 aliphatic rings. The number of primary amides is 1. The van der Waals surface area contributed by atoms with Crippen LogP contribution in [0.4, 0.5) is 17.1 Å². The lowest BCUT2D eigenvalue weighted by Crippen LogP contribution is -2.44. The Bertz CT molecular complexity index is 1170. The molecule has 0 atom stereocenters. The summed E-state index contributed by atoms with van der Waals surface area (Å²) in [5.41, 5.74) is 10.2. The quantitative estimate of drug-likeness (QED) is 0.570. The van der Waals surface area contributed by atoms with Crippen molar-refractivity contribution in [1.82, 2.24) is 9.88 Å². The number of nitrogens with one attached hydrogen (secondary N) is 1. The predicted octanol–water partition coefficient (Wildman–Crippen LogP) is 3.54. The fourth-order valence-corrected chi connectivity index (χ4v) is 4.20. The normalized spacial score (nSPS) is 14.4. The van der Waals surface area contributed by atoms with E-state index in [1.165, 1.54) is 6.20 Å². The Labute approximate surface area is 194 Å². The van der Waals surface area contributed by atoms with Crippen molar-refractivity contribution in [2.75, 3.05) is 57.2 Å². The van der Waals surface area contributed by atoms with Crippen LogP contribution in [-0.2, 0) is 0 Å². The number of pyridine rings is 1. The number of fused-ring (bicyclic) bond motifs is 1. The number of benzene rings is 2. The number of aromatic nitrogens is 1. The number of amides is 1. The first-order valence-corrected chi connectivity index (χ1v) is 11.2. The summed E-state index contributed by atoms with van der Waals surface area (Å²) >= 11 is 0. The number of hydrogen-bond donors (Lipinski definition) is 2. The molecule has 0 saturated carbocycles. The van der Waals surface area contributed by atoms with Crippen molar-refractivity contribution >= 4 is 33.9 Å². The van der Waals surface area contributed by atoms with E-state index in [9.17, 15) is 4.79 Å². The Morgan fingerprint density at radius 3 is 2.61 bits per heavy atom. The molecule has 3 N–H and O–H groups in total. The minimum absolute atomic E-state index is 0.332. The predicted molar refractivity (Wildman–Crippen MR) is 132 cm³/mol. The van der Waals surface area contributed by atoms with Crippen molar-refractivity contribution in [3.8, 4) is 11.5 Å². The van der Waals surface area contributed by atoms with E-state index in [1.54, 1.807) is 7.11 Å². The summed E-state index contributed by atoms with van der Waals surface area (Å²) in [6.45, 7) is 8.22. The zero-order chi connectivity index (χ0) is 23.5. The van der Waals surface area contributed by atoms with Gasteiger partial charge in [-0.05, 0) is 39.1 Å². The summed E-state index contributed by atoms with van der Waals surface area (Å²) in [6.07, 6.45) is 1.52. The molecular formula is C25H31N5O3. The summed E-state index contributed by atoms with van der Waals surface area (Å²) in [7, 11) is 3.77. The topological polar surface area (TPSA) is 93.0 Å². The van der Waals surface area contributed by atoms with Gasteiger partial charge in [-0.1, -0.05) is 6.07 Å². The zero-order valence-corrected chi connectivity index (χ0v) is 19.6. The van der Waals surface area contributed by atoms with Crippen molar-refractivity contribution in [2.45, 2.75) is 13.8 Å². The van der Waals surface area contributed by atoms with Gasteiger partial charge < -0.3 is 30.3 Å². The highest BCUT2D eigenvalue weighted by Crippen LogP contribution is 2.39. The summed E-state index contributed by atoms with van der Waals surface area (Å²) in [4.78, 5) is 21.5. The van der Waals surface area contributed by atoms with Crippen LogP contribution in [0, 0.1) is 6.92 Å². The average Bonchev–Trinajstić information content (AvgIpc) is 2.80. The molecule has 33 heavy (non-hydrogen) atoms. The Hall–Kier alpha value is -3.52. The van der Waals surface area contributed by atoms with Crippen LogP contribution in [0.2, 0.25) is 0 Å². The molecule has 3 aromatic rings. The third-order valence-corrected chi connectivity index (χ3v) is 6.12. The van der Waals surface area contributed by atoms with Gasteiger partial charge in [0.1, 0.15) is 11.5 Å². The highest BCUT2D eigenvalue weighted by molar-refractivity contribution is 6.08. The SMILES string of the molecule is CCOc1cc2ncc(C(N)=O)c(Nc3cccc(OC)c3C)c2cc1N1CCN(C)CC1. The summed E-state index contributed by atoms with van der Waals surface area (Å²) in [5, 5.41) is 4.25. The van der Waals surface area contributed by atoms with E-state index >= 15 is 0 Å². The molecule has 4 rings (SSSR count). The smallest absolute Gasteiger partial charge is 0.252 e. The molecule has 2 aromatic carbocycles. The number of anilines is 3. The maximum atomic E-state index is 12.3. The lowest BCUT2D eigenvalue weighted by atomic mass is 10.1. The largest absolute Gasteiger partial charge is 0.496 e. The van der Waals surface area contributed by atoms with Crippen molar-refractivity contribution < 1.29 is 14.3 Å². The van der Waals surface area contributed by atoms with Crippen LogP contribution in [0.15, 0.2) is 36.5 Å². The molecule has 0 unspecified atom stereocenters. The Balaban J connectivity index is 1.89. The van der Waals surface area contributed by atoms with Crippen LogP contribution in [0.1, 0.15) is 22.8 Å². The van der Waals surface area contributed by atoms with Gasteiger partial charge in [-0.15, -0.1) is 0 Å². The summed E-state index contributed by atoms with van der Waals surface area (Å²) in [5.74, 6) is 1.01. The van der Waals surface area contributed by atoms with Crippen molar-refractivity contribution in [2.24, 2.45) is 5.73 Å². The van der Waals surface area contributed by atoms with Crippen LogP contribution in [0.25, 0.3) is 10.9 Å². The van der Waals surface area contributed by atoms with Gasteiger partial charge in [0.05, 0.1) is 36.2 Å². The van der Waals surface area contributed by atoms with E-state index in [1.807, 2.05) is 38.1 Å². The average molecular weight is 450 g/mol. The fourth-order valence-electron chi connectivity index (χ4n) is 4.20. The number of rotatable bonds is 7. The first-order valence-electron chi connectivity index (χ1n) is 11.2. The monoisotopic (exact) mass is 449 g/mol. The summed E-state index contributed by atoms with van der Waals surface area (Å²) in [6, 6.07) is 9.76. The number of ether oxygens (including phenoxy) is 2. The lowest BCUT2D eigenvalue weighted by Gasteiger charge is -2.35. The summed E-state index contributed by atoms with van der Waals surface area (Å²) < 4.78 is 11.5. The first kappa shape index (κ1) is 22.7. The number of nitrogens with two attached hydrogens (primary N) is 1. The van der Waals surface area contributed by atoms with E-state index in [0.717, 1.165) is 65.5 Å². The molecule has 0 spiro atoms. The molecule has 1 aliphatic heterocycles. The molecule has 1 fully saturated rings. The van der Waals surface area contributed by atoms with Gasteiger partial charge in [-0.25, -0.2) is 0 Å². The highest BCUT2D eigenvalue weighted by Gasteiger charge is 2.22. The number of likely N-dealkylation sites (N-methyl/N-ethyl adjacent to an activating group) is 1. The van der Waals surface area contributed by atoms with E-state index in [4.69, 9.17) is 15.2 Å². The van der Waals surface area contributed by atoms with Crippen LogP contribution in [0.5, 0.6) is 11.5 Å². The lowest BCUT2D eigenvalue weighted by molar-refractivity contribution is 0.100. The van der Waals surface area contributed by atoms with Gasteiger partial charge in [0.15, 0.2) is 0 Å². The maximum Gasteiger partial charge on any atom is 0.252 e. The number of hydrogen-bond acceptors (Lipinski definition) is 7. The van der Waals surface area contributed by atoms with Crippen LogP contribution in [0.3, 0.4) is 0 Å². The molecule has 1 amide bonds. The molecule has 1 aromatic heterocycles. The minimum atomic E-state index is -0.539. The number of carbonyl (C=O) groups excluding carboxylic acids is 1. The van der Waals surface area contributed by atoms with Gasteiger partial charge in [0.2, 0.25) is 0 Å². The molecule has 0 aliphatic carbocycles. The minimum Gasteiger partial charge on any atom is -0.496 e. The van der Waals surface area contributed by atoms with E-state index in [0.29, 0.717) is 17.9 Å². The molecule has 174 valence electrons. The number of nitrogens with zero attached hydrogens (tertiary/aromatic N) is 3. The van der Waals surface area contributed by atoms with E-state index in [-0.39, 0.29) is 0 Å². The zero-order valence-electron chi connectivity index (χ0n) is 19.6. The number of carbonyl (C=O) groups is 1. The van der Waals surface area contributed by atoms with E-state index < -0.39 is 5.91 Å². The molecule has 8 heteroatoms. The third kappa shape index (κ3) is 4.52. The first-order chi connectivity index (χ1) is 15.9. The van der Waals surface area contributed by atoms with E-state index in [2.05, 4.69) is 33.2 Å². The second-order valence-corrected chi connectivity index (χ2v) is 8.23. The molecule has 0 radical (unpaired) electrons. The maximum absolute atomic E-state index is 12.3. The van der Waals surface area contributed by atoms with Crippen LogP contribution >= 0.6 is 0 Å². The highest BCUT2D eigenvalue weighted by atomic mass is 16.5. The van der Waals surface area contributed by atoms with Crippen LogP contribution < -0.4 is 25.4 Å². The van der Waals surface area contributed by atoms with Gasteiger partial charge in [0.25, 0.3) is 5.91 Å². The standard InChI is InChI=1S/C25H31N5O3/c1-5-33-23-14-20-17(13-21(23)30-11-9-29(3)10-12-30)24(18(15-27-20)25(26)31)28-19-7-6-8-22(32-4)16(19)2/h6-8,13-15H,5,9-12H2,1-4H3,(H2,26,31)(H,27,28). The van der Waals surface area contributed by atoms with Crippen molar-refractivity contribution in [3.05, 3.63) is 47.7 Å². The van der Waals surface area contributed by atoms with Gasteiger partial charge in [-0.3, -0.25) is 9.78 Å². The van der Waals surface area contributed by atoms with Crippen molar-refractivity contribution in [3.63, 3.8) is 0 Å². The van der Waals surface area contributed by atoms with Gasteiger partial charge in [-0.2, -0.15) is 0 Å². The molecular weight excluding hydrogens is 418 g/mol. The Morgan fingerprint density at radius 1 is 1.18 bits per heavy atom. The van der Waals surface area contributed by atoms with Gasteiger partial charge >= 0.3 is 0 Å². The molecule has 2 heterocycles. The Kier molecular flexibility index (Phi) is 6.55. The molecule has 0 bridgehead atoms. The second-order valence-electron chi connectivity index (χ2n) is 8.23. The number of methoxy groups -OCH3 is 1. The van der Waals surface area contributed by atoms with Crippen molar-refractivity contribution in [1.29, 1.82) is 0 Å². The molecule has 8 nitrogen and oxygen atoms in total. The number of piperazine rings is 1. The molecule has 1 saturated heterocycles. The Morgan fingerprint density at radius 2 is 1.94 bits per heavy atom. The third-order valence-electron chi connectivity index (χ3n) is 6.12.